The van der Waals surface area contributed by atoms with E-state index < -0.39 is 0 Å². The molecule has 0 bridgehead atoms. The molecule has 0 spiro atoms. The maximum Gasteiger partial charge on any atom is 0.155 e. The summed E-state index contributed by atoms with van der Waals surface area (Å²) >= 11 is 0. The maximum absolute atomic E-state index is 5.70. The van der Waals surface area contributed by atoms with Gasteiger partial charge in [0.15, 0.2) is 6.29 Å². The molecule has 100 valence electrons. The van der Waals surface area contributed by atoms with Gasteiger partial charge in [-0.2, -0.15) is 0 Å². The van der Waals surface area contributed by atoms with Gasteiger partial charge in [0.25, 0.3) is 0 Å². The van der Waals surface area contributed by atoms with Gasteiger partial charge in [-0.3, -0.25) is 0 Å². The van der Waals surface area contributed by atoms with Gasteiger partial charge in [-0.25, -0.2) is 0 Å². The lowest BCUT2D eigenvalue weighted by Gasteiger charge is -2.19. The van der Waals surface area contributed by atoms with Gasteiger partial charge in [-0.1, -0.05) is 32.9 Å². The highest BCUT2D eigenvalue weighted by Crippen LogP contribution is 2.24. The van der Waals surface area contributed by atoms with Gasteiger partial charge in [0.2, 0.25) is 0 Å². The zero-order chi connectivity index (χ0) is 13.2. The number of benzene rings is 1. The van der Waals surface area contributed by atoms with E-state index in [9.17, 15) is 0 Å². The molecule has 0 radical (unpaired) electrons. The van der Waals surface area contributed by atoms with Gasteiger partial charge < -0.3 is 14.2 Å². The fourth-order valence-corrected chi connectivity index (χ4v) is 1.92. The Hall–Kier alpha value is -1.06. The Balaban J connectivity index is 1.87. The molecule has 18 heavy (non-hydrogen) atoms. The van der Waals surface area contributed by atoms with E-state index in [4.69, 9.17) is 14.2 Å². The lowest BCUT2D eigenvalue weighted by molar-refractivity contribution is -0.0486. The highest BCUT2D eigenvalue weighted by atomic mass is 16.7. The molecular weight excluding hydrogens is 228 g/mol. The van der Waals surface area contributed by atoms with Crippen molar-refractivity contribution in [1.82, 2.24) is 0 Å². The van der Waals surface area contributed by atoms with Crippen LogP contribution in [0.5, 0.6) is 5.75 Å². The zero-order valence-corrected chi connectivity index (χ0v) is 11.6. The molecule has 0 saturated carbocycles. The third-order valence-corrected chi connectivity index (χ3v) is 3.06. The SMILES string of the molecule is CC1OCC(COc2ccc(C(C)(C)C)cc2)O1. The monoisotopic (exact) mass is 250 g/mol. The number of ether oxygens (including phenoxy) is 3. The quantitative estimate of drug-likeness (QED) is 0.825. The van der Waals surface area contributed by atoms with Gasteiger partial charge in [0, 0.05) is 0 Å². The highest BCUT2D eigenvalue weighted by Gasteiger charge is 2.22. The molecule has 1 heterocycles. The van der Waals surface area contributed by atoms with Gasteiger partial charge >= 0.3 is 0 Å². The summed E-state index contributed by atoms with van der Waals surface area (Å²) in [6.07, 6.45) is -0.0656. The van der Waals surface area contributed by atoms with Crippen LogP contribution in [-0.4, -0.2) is 25.6 Å². The van der Waals surface area contributed by atoms with Crippen LogP contribution < -0.4 is 4.74 Å². The standard InChI is InChI=1S/C15H22O3/c1-11-16-9-14(18-11)10-17-13-7-5-12(6-8-13)15(2,3)4/h5-8,11,14H,9-10H2,1-4H3. The normalized spacial score (nSPS) is 24.2. The third-order valence-electron chi connectivity index (χ3n) is 3.06. The minimum absolute atomic E-state index is 0.0438. The van der Waals surface area contributed by atoms with E-state index in [0.29, 0.717) is 13.2 Å². The Morgan fingerprint density at radius 1 is 1.22 bits per heavy atom. The predicted octanol–water partition coefficient (Wildman–Crippen LogP) is 3.12. The summed E-state index contributed by atoms with van der Waals surface area (Å²) in [5.74, 6) is 0.881. The molecule has 2 atom stereocenters. The second-order valence-electron chi connectivity index (χ2n) is 5.74. The smallest absolute Gasteiger partial charge is 0.155 e. The molecule has 0 N–H and O–H groups in total. The summed E-state index contributed by atoms with van der Waals surface area (Å²) in [5, 5.41) is 0. The number of hydrogen-bond acceptors (Lipinski definition) is 3. The first-order chi connectivity index (χ1) is 8.45. The van der Waals surface area contributed by atoms with Crippen LogP contribution in [0.15, 0.2) is 24.3 Å². The molecule has 1 aliphatic heterocycles. The van der Waals surface area contributed by atoms with E-state index in [1.54, 1.807) is 0 Å². The van der Waals surface area contributed by atoms with E-state index in [2.05, 4.69) is 32.9 Å². The predicted molar refractivity (Wildman–Crippen MR) is 70.9 cm³/mol. The highest BCUT2D eigenvalue weighted by molar-refractivity contribution is 5.31. The first-order valence-electron chi connectivity index (χ1n) is 6.45. The number of hydrogen-bond donors (Lipinski definition) is 0. The van der Waals surface area contributed by atoms with Crippen molar-refractivity contribution in [2.75, 3.05) is 13.2 Å². The van der Waals surface area contributed by atoms with Crippen molar-refractivity contribution in [3.8, 4) is 5.75 Å². The minimum Gasteiger partial charge on any atom is -0.491 e. The molecule has 1 fully saturated rings. The molecule has 2 unspecified atom stereocenters. The van der Waals surface area contributed by atoms with Crippen molar-refractivity contribution >= 4 is 0 Å². The largest absolute Gasteiger partial charge is 0.491 e. The second kappa shape index (κ2) is 5.29. The lowest BCUT2D eigenvalue weighted by Crippen LogP contribution is -2.20. The molecule has 1 aliphatic rings. The van der Waals surface area contributed by atoms with E-state index >= 15 is 0 Å². The second-order valence-corrected chi connectivity index (χ2v) is 5.74. The van der Waals surface area contributed by atoms with E-state index in [1.807, 2.05) is 19.1 Å². The summed E-state index contributed by atoms with van der Waals surface area (Å²) < 4.78 is 16.5. The van der Waals surface area contributed by atoms with Gasteiger partial charge in [0.1, 0.15) is 18.5 Å². The Morgan fingerprint density at radius 2 is 1.89 bits per heavy atom. The molecular formula is C15H22O3. The first kappa shape index (κ1) is 13.4. The minimum atomic E-state index is -0.109. The molecule has 0 aromatic heterocycles. The number of rotatable bonds is 3. The van der Waals surface area contributed by atoms with E-state index in [-0.39, 0.29) is 17.8 Å². The molecule has 0 amide bonds. The van der Waals surface area contributed by atoms with Crippen LogP contribution in [0.3, 0.4) is 0 Å². The molecule has 2 rings (SSSR count). The molecule has 1 saturated heterocycles. The summed E-state index contributed by atoms with van der Waals surface area (Å²) in [7, 11) is 0. The Kier molecular flexibility index (Phi) is 3.93. The van der Waals surface area contributed by atoms with Crippen molar-refractivity contribution < 1.29 is 14.2 Å². The van der Waals surface area contributed by atoms with Crippen molar-refractivity contribution in [3.63, 3.8) is 0 Å². The summed E-state index contributed by atoms with van der Waals surface area (Å²) in [5.41, 5.74) is 1.49. The van der Waals surface area contributed by atoms with Crippen molar-refractivity contribution in [2.24, 2.45) is 0 Å². The Labute approximate surface area is 109 Å². The molecule has 1 aromatic carbocycles. The van der Waals surface area contributed by atoms with Gasteiger partial charge in [-0.05, 0) is 30.0 Å². The Morgan fingerprint density at radius 3 is 2.39 bits per heavy atom. The van der Waals surface area contributed by atoms with Crippen molar-refractivity contribution in [2.45, 2.75) is 45.5 Å². The van der Waals surface area contributed by atoms with Crippen LogP contribution in [0.1, 0.15) is 33.3 Å². The van der Waals surface area contributed by atoms with Crippen LogP contribution in [0.2, 0.25) is 0 Å². The average molecular weight is 250 g/mol. The van der Waals surface area contributed by atoms with Gasteiger partial charge in [0.05, 0.1) is 6.61 Å². The first-order valence-corrected chi connectivity index (χ1v) is 6.45. The van der Waals surface area contributed by atoms with Crippen LogP contribution in [0.25, 0.3) is 0 Å². The summed E-state index contributed by atoms with van der Waals surface area (Å²) in [6.45, 7) is 9.66. The maximum atomic E-state index is 5.70. The average Bonchev–Trinajstić information content (AvgIpc) is 2.72. The molecule has 3 heteroatoms. The van der Waals surface area contributed by atoms with Crippen LogP contribution in [-0.2, 0) is 14.9 Å². The molecule has 1 aromatic rings. The van der Waals surface area contributed by atoms with Gasteiger partial charge in [-0.15, -0.1) is 0 Å². The lowest BCUT2D eigenvalue weighted by atomic mass is 9.87. The fraction of sp³-hybridized carbons (Fsp3) is 0.600. The van der Waals surface area contributed by atoms with E-state index in [0.717, 1.165) is 5.75 Å². The van der Waals surface area contributed by atoms with E-state index in [1.165, 1.54) is 5.56 Å². The summed E-state index contributed by atoms with van der Waals surface area (Å²) in [6, 6.07) is 8.26. The fourth-order valence-electron chi connectivity index (χ4n) is 1.92. The van der Waals surface area contributed by atoms with Crippen molar-refractivity contribution in [1.29, 1.82) is 0 Å². The van der Waals surface area contributed by atoms with Crippen molar-refractivity contribution in [3.05, 3.63) is 29.8 Å². The van der Waals surface area contributed by atoms with Crippen LogP contribution in [0.4, 0.5) is 0 Å². The topological polar surface area (TPSA) is 27.7 Å². The molecule has 3 nitrogen and oxygen atoms in total. The molecule has 0 aliphatic carbocycles. The van der Waals surface area contributed by atoms with Crippen LogP contribution in [0, 0.1) is 0 Å². The van der Waals surface area contributed by atoms with Crippen LogP contribution >= 0.6 is 0 Å². The Bertz CT molecular complexity index is 378. The summed E-state index contributed by atoms with van der Waals surface area (Å²) in [4.78, 5) is 0. The third kappa shape index (κ3) is 3.47. The zero-order valence-electron chi connectivity index (χ0n) is 11.6.